The van der Waals surface area contributed by atoms with Crippen LogP contribution in [0.2, 0.25) is 5.02 Å². The molecule has 0 saturated carbocycles. The van der Waals surface area contributed by atoms with Gasteiger partial charge < -0.3 is 9.73 Å². The summed E-state index contributed by atoms with van der Waals surface area (Å²) in [7, 11) is 0. The van der Waals surface area contributed by atoms with Crippen molar-refractivity contribution in [3.05, 3.63) is 71.8 Å². The van der Waals surface area contributed by atoms with Gasteiger partial charge in [-0.05, 0) is 48.4 Å². The largest absolute Gasteiger partial charge is 0.453 e. The summed E-state index contributed by atoms with van der Waals surface area (Å²) >= 11 is 7.39. The zero-order valence-electron chi connectivity index (χ0n) is 17.0. The fraction of sp³-hybridized carbons (Fsp3) is 0.174. The first-order valence-electron chi connectivity index (χ1n) is 9.82. The summed E-state index contributed by atoms with van der Waals surface area (Å²) in [5.41, 5.74) is 2.72. The van der Waals surface area contributed by atoms with Crippen LogP contribution in [0.15, 0.2) is 70.8 Å². The van der Waals surface area contributed by atoms with Crippen LogP contribution in [-0.2, 0) is 17.8 Å². The molecular formula is C23H21ClN4O2S. The quantitative estimate of drug-likeness (QED) is 0.269. The van der Waals surface area contributed by atoms with Gasteiger partial charge in [0.25, 0.3) is 0 Å². The van der Waals surface area contributed by atoms with Crippen molar-refractivity contribution in [1.29, 1.82) is 0 Å². The maximum Gasteiger partial charge on any atom is 0.234 e. The predicted octanol–water partition coefficient (Wildman–Crippen LogP) is 5.82. The lowest BCUT2D eigenvalue weighted by molar-refractivity contribution is -0.113. The summed E-state index contributed by atoms with van der Waals surface area (Å²) in [6.07, 6.45) is 2.72. The van der Waals surface area contributed by atoms with Gasteiger partial charge in [0, 0.05) is 22.6 Å². The predicted molar refractivity (Wildman–Crippen MR) is 126 cm³/mol. The molecule has 0 unspecified atom stereocenters. The monoisotopic (exact) mass is 452 g/mol. The molecule has 0 fully saturated rings. The normalized spacial score (nSPS) is 11.0. The number of halogens is 1. The number of carbonyl (C=O) groups excluding carboxylic acids is 1. The van der Waals surface area contributed by atoms with Crippen molar-refractivity contribution in [2.75, 3.05) is 11.1 Å². The van der Waals surface area contributed by atoms with E-state index in [9.17, 15) is 4.79 Å². The molecule has 0 aliphatic rings. The maximum atomic E-state index is 12.4. The number of aromatic nitrogens is 3. The van der Waals surface area contributed by atoms with Crippen molar-refractivity contribution >= 4 is 45.9 Å². The van der Waals surface area contributed by atoms with Crippen LogP contribution in [0.5, 0.6) is 0 Å². The van der Waals surface area contributed by atoms with E-state index in [1.54, 1.807) is 12.1 Å². The van der Waals surface area contributed by atoms with Gasteiger partial charge in [-0.3, -0.25) is 9.36 Å². The van der Waals surface area contributed by atoms with Gasteiger partial charge in [0.15, 0.2) is 10.9 Å². The molecule has 1 amide bonds. The molecule has 2 aromatic carbocycles. The first kappa shape index (κ1) is 21.2. The first-order chi connectivity index (χ1) is 15.1. The number of anilines is 1. The van der Waals surface area contributed by atoms with Gasteiger partial charge in [0.2, 0.25) is 11.7 Å². The Morgan fingerprint density at radius 1 is 1.23 bits per heavy atom. The number of carbonyl (C=O) groups is 1. The molecule has 1 N–H and O–H groups in total. The number of fused-ring (bicyclic) bond motifs is 1. The topological polar surface area (TPSA) is 73.0 Å². The third kappa shape index (κ3) is 4.84. The smallest absolute Gasteiger partial charge is 0.234 e. The Balaban J connectivity index is 1.49. The lowest BCUT2D eigenvalue weighted by Crippen LogP contribution is -2.14. The number of aryl methyl sites for hydroxylation is 1. The van der Waals surface area contributed by atoms with E-state index in [0.29, 0.717) is 28.3 Å². The molecule has 0 radical (unpaired) electrons. The van der Waals surface area contributed by atoms with E-state index >= 15 is 0 Å². The van der Waals surface area contributed by atoms with Gasteiger partial charge in [-0.25, -0.2) is 0 Å². The van der Waals surface area contributed by atoms with E-state index in [2.05, 4.69) is 29.0 Å². The summed E-state index contributed by atoms with van der Waals surface area (Å²) < 4.78 is 7.80. The SMILES string of the molecule is C=CCn1c(SCC(=O)Nc2ccc(CC)cc2)nnc1-c1cc2cc(Cl)ccc2o1. The van der Waals surface area contributed by atoms with E-state index in [-0.39, 0.29) is 11.7 Å². The molecule has 2 aromatic heterocycles. The minimum absolute atomic E-state index is 0.109. The molecular weight excluding hydrogens is 432 g/mol. The van der Waals surface area contributed by atoms with Crippen LogP contribution >= 0.6 is 23.4 Å². The van der Waals surface area contributed by atoms with Crippen molar-refractivity contribution in [3.8, 4) is 11.6 Å². The minimum atomic E-state index is -0.109. The molecule has 158 valence electrons. The number of hydrogen-bond acceptors (Lipinski definition) is 5. The lowest BCUT2D eigenvalue weighted by atomic mass is 10.1. The highest BCUT2D eigenvalue weighted by Gasteiger charge is 2.18. The Labute approximate surface area is 189 Å². The van der Waals surface area contributed by atoms with Crippen LogP contribution in [0.1, 0.15) is 12.5 Å². The number of rotatable bonds is 8. The molecule has 0 aliphatic heterocycles. The fourth-order valence-electron chi connectivity index (χ4n) is 3.15. The maximum absolute atomic E-state index is 12.4. The van der Waals surface area contributed by atoms with Crippen LogP contribution in [0.25, 0.3) is 22.6 Å². The average Bonchev–Trinajstić information content (AvgIpc) is 3.36. The zero-order chi connectivity index (χ0) is 21.8. The lowest BCUT2D eigenvalue weighted by Gasteiger charge is -2.07. The number of allylic oxidation sites excluding steroid dienone is 1. The molecule has 0 spiro atoms. The highest BCUT2D eigenvalue weighted by molar-refractivity contribution is 7.99. The number of nitrogens with one attached hydrogen (secondary N) is 1. The van der Waals surface area contributed by atoms with Crippen molar-refractivity contribution in [2.24, 2.45) is 0 Å². The number of furan rings is 1. The number of benzene rings is 2. The van der Waals surface area contributed by atoms with E-state index < -0.39 is 0 Å². The molecule has 2 heterocycles. The Kier molecular flexibility index (Phi) is 6.44. The molecule has 0 saturated heterocycles. The van der Waals surface area contributed by atoms with Crippen LogP contribution in [0.3, 0.4) is 0 Å². The van der Waals surface area contributed by atoms with E-state index in [4.69, 9.17) is 16.0 Å². The van der Waals surface area contributed by atoms with Crippen LogP contribution in [0.4, 0.5) is 5.69 Å². The Hall–Kier alpha value is -3.03. The number of amides is 1. The van der Waals surface area contributed by atoms with Gasteiger partial charge in [-0.1, -0.05) is 48.5 Å². The fourth-order valence-corrected chi connectivity index (χ4v) is 4.08. The van der Waals surface area contributed by atoms with Gasteiger partial charge in [-0.2, -0.15) is 0 Å². The second-order valence-electron chi connectivity index (χ2n) is 6.89. The third-order valence-corrected chi connectivity index (χ3v) is 5.91. The summed E-state index contributed by atoms with van der Waals surface area (Å²) in [6, 6.07) is 15.2. The van der Waals surface area contributed by atoms with Crippen LogP contribution < -0.4 is 5.32 Å². The molecule has 0 atom stereocenters. The van der Waals surface area contributed by atoms with E-state index in [0.717, 1.165) is 23.1 Å². The first-order valence-corrected chi connectivity index (χ1v) is 11.2. The Morgan fingerprint density at radius 3 is 2.77 bits per heavy atom. The van der Waals surface area contributed by atoms with Crippen LogP contribution in [-0.4, -0.2) is 26.4 Å². The highest BCUT2D eigenvalue weighted by atomic mass is 35.5. The molecule has 8 heteroatoms. The zero-order valence-corrected chi connectivity index (χ0v) is 18.5. The second kappa shape index (κ2) is 9.41. The summed E-state index contributed by atoms with van der Waals surface area (Å²) in [6.45, 7) is 6.40. The summed E-state index contributed by atoms with van der Waals surface area (Å²) in [4.78, 5) is 12.4. The van der Waals surface area contributed by atoms with E-state index in [1.807, 2.05) is 47.0 Å². The Bertz CT molecular complexity index is 1230. The number of thioether (sulfide) groups is 1. The van der Waals surface area contributed by atoms with Gasteiger partial charge in [-0.15, -0.1) is 16.8 Å². The third-order valence-electron chi connectivity index (χ3n) is 4.71. The molecule has 31 heavy (non-hydrogen) atoms. The molecule has 0 aliphatic carbocycles. The minimum Gasteiger partial charge on any atom is -0.453 e. The molecule has 4 rings (SSSR count). The summed E-state index contributed by atoms with van der Waals surface area (Å²) in [5, 5.41) is 13.6. The van der Waals surface area contributed by atoms with E-state index in [1.165, 1.54) is 17.3 Å². The number of hydrogen-bond donors (Lipinski definition) is 1. The average molecular weight is 453 g/mol. The standard InChI is InChI=1S/C23H21ClN4O2S/c1-3-11-28-22(20-13-16-12-17(24)7-10-19(16)30-20)26-27-23(28)31-14-21(29)25-18-8-5-15(4-2)6-9-18/h3,5-10,12-13H,1,4,11,14H2,2H3,(H,25,29). The van der Waals surface area contributed by atoms with Gasteiger partial charge in [0.05, 0.1) is 5.75 Å². The molecule has 0 bridgehead atoms. The summed E-state index contributed by atoms with van der Waals surface area (Å²) in [5.74, 6) is 1.26. The molecule has 4 aromatic rings. The van der Waals surface area contributed by atoms with Crippen molar-refractivity contribution in [1.82, 2.24) is 14.8 Å². The van der Waals surface area contributed by atoms with Crippen LogP contribution in [0, 0.1) is 0 Å². The molecule has 6 nitrogen and oxygen atoms in total. The second-order valence-corrected chi connectivity index (χ2v) is 8.26. The van der Waals surface area contributed by atoms with Crippen molar-refractivity contribution in [3.63, 3.8) is 0 Å². The van der Waals surface area contributed by atoms with Gasteiger partial charge >= 0.3 is 0 Å². The van der Waals surface area contributed by atoms with Crippen molar-refractivity contribution in [2.45, 2.75) is 25.0 Å². The van der Waals surface area contributed by atoms with Gasteiger partial charge in [0.1, 0.15) is 5.58 Å². The Morgan fingerprint density at radius 2 is 2.03 bits per heavy atom. The van der Waals surface area contributed by atoms with Crippen molar-refractivity contribution < 1.29 is 9.21 Å². The highest BCUT2D eigenvalue weighted by Crippen LogP contribution is 2.30. The number of nitrogens with zero attached hydrogens (tertiary/aromatic N) is 3.